The van der Waals surface area contributed by atoms with Crippen molar-refractivity contribution in [3.8, 4) is 5.75 Å². The smallest absolute Gasteiger partial charge is 0.416 e. The van der Waals surface area contributed by atoms with E-state index in [2.05, 4.69) is 0 Å². The van der Waals surface area contributed by atoms with Crippen molar-refractivity contribution in [1.29, 1.82) is 0 Å². The summed E-state index contributed by atoms with van der Waals surface area (Å²) in [5.74, 6) is -12.0. The van der Waals surface area contributed by atoms with Crippen LogP contribution in [0, 0.1) is 11.8 Å². The van der Waals surface area contributed by atoms with E-state index < -0.39 is 128 Å². The number of carbonyl (C=O) groups excluding carboxylic acids is 4. The molecule has 1 fully saturated rings. The number of carbonyl (C=O) groups is 4. The average Bonchev–Trinajstić information content (AvgIpc) is 2.98. The fourth-order valence-corrected chi connectivity index (χ4v) is 6.69. The monoisotopic (exact) mass is 716 g/mol. The zero-order chi connectivity index (χ0) is 37.6. The van der Waals surface area contributed by atoms with Gasteiger partial charge in [0.2, 0.25) is 5.78 Å². The summed E-state index contributed by atoms with van der Waals surface area (Å²) in [6.07, 6.45) is -14.6. The number of urea groups is 1. The van der Waals surface area contributed by atoms with Crippen molar-refractivity contribution in [3.05, 3.63) is 69.5 Å². The quantitative estimate of drug-likeness (QED) is 0.126. The highest BCUT2D eigenvalue weighted by Gasteiger charge is 2.68. The van der Waals surface area contributed by atoms with Gasteiger partial charge < -0.3 is 47.0 Å². The maximum absolute atomic E-state index is 14.0. The maximum atomic E-state index is 14.0. The standard InChI is InChI=1S/C30H26F6N4O10/c1-40(2)18-17-22(44)14-15(24(46)28(17,50)25(47)16(23(18)45)26(37)48)21(43)13-11(19(14)41)3-4-12(20(13)42)39-27(49)38-10-6-8(29(31,32)33)5-9(7-10)30(34,35)36/h3-7,14,17-19,22,41-44,47,50H,1-2H3,(H2,37,48)(H2,38,39,49). The molecule has 3 aliphatic rings. The predicted octanol–water partition coefficient (Wildman–Crippen LogP) is 2.11. The first kappa shape index (κ1) is 36.1. The number of hydrogen-bond acceptors (Lipinski definition) is 11. The van der Waals surface area contributed by atoms with Gasteiger partial charge in [-0.15, -0.1) is 0 Å². The summed E-state index contributed by atoms with van der Waals surface area (Å²) >= 11 is 0. The Kier molecular flexibility index (Phi) is 8.46. The molecule has 3 aliphatic carbocycles. The number of primary amides is 1. The predicted molar refractivity (Wildman–Crippen MR) is 156 cm³/mol. The first-order valence-corrected chi connectivity index (χ1v) is 14.2. The van der Waals surface area contributed by atoms with E-state index in [9.17, 15) is 76.2 Å². The number of halogens is 6. The summed E-state index contributed by atoms with van der Waals surface area (Å²) in [4.78, 5) is 53.1. The highest BCUT2D eigenvalue weighted by atomic mass is 19.4. The van der Waals surface area contributed by atoms with Crippen LogP contribution in [0.1, 0.15) is 28.4 Å². The molecule has 6 unspecified atom stereocenters. The first-order valence-electron chi connectivity index (χ1n) is 14.2. The van der Waals surface area contributed by atoms with Crippen LogP contribution >= 0.6 is 0 Å². The lowest BCUT2D eigenvalue weighted by Crippen LogP contribution is -2.70. The second-order valence-corrected chi connectivity index (χ2v) is 12.0. The second-order valence-electron chi connectivity index (χ2n) is 12.0. The van der Waals surface area contributed by atoms with Crippen LogP contribution in [0.2, 0.25) is 0 Å². The zero-order valence-electron chi connectivity index (χ0n) is 25.4. The Morgan fingerprint density at radius 3 is 1.98 bits per heavy atom. The van der Waals surface area contributed by atoms with Gasteiger partial charge in [-0.25, -0.2) is 4.79 Å². The molecule has 5 rings (SSSR count). The van der Waals surface area contributed by atoms with E-state index in [0.29, 0.717) is 0 Å². The molecule has 0 saturated heterocycles. The van der Waals surface area contributed by atoms with Crippen LogP contribution in [-0.2, 0) is 26.7 Å². The van der Waals surface area contributed by atoms with E-state index in [1.54, 1.807) is 5.32 Å². The van der Waals surface area contributed by atoms with Gasteiger partial charge in [0.1, 0.15) is 22.8 Å². The number of nitrogens with two attached hydrogens (primary N) is 1. The van der Waals surface area contributed by atoms with Crippen molar-refractivity contribution >= 4 is 40.6 Å². The van der Waals surface area contributed by atoms with E-state index in [-0.39, 0.29) is 23.8 Å². The number of nitrogens with one attached hydrogen (secondary N) is 2. The number of benzene rings is 2. The lowest BCUT2D eigenvalue weighted by molar-refractivity contribution is -0.174. The minimum Gasteiger partial charge on any atom is -0.508 e. The molecule has 14 nitrogen and oxygen atoms in total. The summed E-state index contributed by atoms with van der Waals surface area (Å²) in [7, 11) is 2.56. The van der Waals surface area contributed by atoms with Crippen molar-refractivity contribution in [3.63, 3.8) is 0 Å². The van der Waals surface area contributed by atoms with E-state index in [4.69, 9.17) is 5.73 Å². The molecule has 0 spiro atoms. The van der Waals surface area contributed by atoms with Gasteiger partial charge in [-0.3, -0.25) is 19.3 Å². The molecule has 50 heavy (non-hydrogen) atoms. The van der Waals surface area contributed by atoms with Gasteiger partial charge in [0, 0.05) is 17.2 Å². The number of nitrogens with zero attached hydrogens (tertiary/aromatic N) is 1. The number of aliphatic hydroxyl groups excluding tert-OH is 4. The number of phenols is 1. The number of fused-ring (bicyclic) bond motifs is 3. The van der Waals surface area contributed by atoms with Gasteiger partial charge >= 0.3 is 18.4 Å². The SMILES string of the molecule is CN(C)C1C(=O)C(C(N)=O)=C(O)C2(O)C(=O)C3=C(O)c4c(ccc(NC(=O)Nc5cc(C(F)(F)F)cc(C(F)(F)F)c5)c4O)C(O)C3C(O)C12. The molecular weight excluding hydrogens is 690 g/mol. The summed E-state index contributed by atoms with van der Waals surface area (Å²) < 4.78 is 79.5. The van der Waals surface area contributed by atoms with Gasteiger partial charge in [0.15, 0.2) is 11.4 Å². The number of phenolic OH excluding ortho intramolecular Hbond substituents is 1. The number of likely N-dealkylation sites (N-methyl/N-ethyl adjacent to an activating group) is 1. The largest absolute Gasteiger partial charge is 0.508 e. The maximum Gasteiger partial charge on any atom is 0.416 e. The van der Waals surface area contributed by atoms with Gasteiger partial charge in [0.25, 0.3) is 5.91 Å². The van der Waals surface area contributed by atoms with Crippen molar-refractivity contribution in [2.75, 3.05) is 24.7 Å². The second kappa shape index (κ2) is 11.7. The van der Waals surface area contributed by atoms with E-state index in [0.717, 1.165) is 17.0 Å². The third-order valence-electron chi connectivity index (χ3n) is 8.85. The summed E-state index contributed by atoms with van der Waals surface area (Å²) in [6.45, 7) is 0. The van der Waals surface area contributed by atoms with Gasteiger partial charge in [-0.05, 0) is 43.9 Å². The fraction of sp³-hybridized carbons (Fsp3) is 0.333. The minimum atomic E-state index is -5.24. The molecule has 10 N–H and O–H groups in total. The van der Waals surface area contributed by atoms with Crippen LogP contribution in [0.4, 0.5) is 42.5 Å². The number of hydrogen-bond donors (Lipinski definition) is 9. The molecule has 268 valence electrons. The van der Waals surface area contributed by atoms with Crippen molar-refractivity contribution in [1.82, 2.24) is 4.90 Å². The molecule has 0 bridgehead atoms. The van der Waals surface area contributed by atoms with Crippen LogP contribution in [0.25, 0.3) is 5.76 Å². The molecule has 0 radical (unpaired) electrons. The average molecular weight is 717 g/mol. The van der Waals surface area contributed by atoms with Crippen molar-refractivity contribution in [2.45, 2.75) is 36.2 Å². The van der Waals surface area contributed by atoms with Gasteiger partial charge in [-0.2, -0.15) is 26.3 Å². The Labute approximate surface area is 275 Å². The van der Waals surface area contributed by atoms with Crippen LogP contribution in [0.5, 0.6) is 5.75 Å². The molecule has 3 amide bonds. The van der Waals surface area contributed by atoms with Crippen LogP contribution in [0.15, 0.2) is 47.2 Å². The van der Waals surface area contributed by atoms with Crippen LogP contribution < -0.4 is 16.4 Å². The molecule has 2 aromatic rings. The molecule has 1 saturated carbocycles. The molecule has 6 atom stereocenters. The van der Waals surface area contributed by atoms with Crippen LogP contribution in [-0.4, -0.2) is 90.9 Å². The summed E-state index contributed by atoms with van der Waals surface area (Å²) in [5.41, 5.74) is -6.51. The molecule has 20 heteroatoms. The number of ketones is 2. The Morgan fingerprint density at radius 2 is 1.48 bits per heavy atom. The molecular formula is C30H26F6N4O10. The highest BCUT2D eigenvalue weighted by molar-refractivity contribution is 6.24. The Hall–Kier alpha value is -5.18. The number of aromatic hydroxyl groups is 1. The molecule has 0 heterocycles. The number of alkyl halides is 6. The van der Waals surface area contributed by atoms with E-state index in [1.807, 2.05) is 5.32 Å². The molecule has 2 aromatic carbocycles. The highest BCUT2D eigenvalue weighted by Crippen LogP contribution is 2.56. The third kappa shape index (κ3) is 5.39. The minimum absolute atomic E-state index is 0.175. The van der Waals surface area contributed by atoms with Crippen molar-refractivity contribution in [2.24, 2.45) is 17.6 Å². The number of Topliss-reactive ketones (excluding diaryl/α,β-unsaturated/α-hetero) is 2. The first-order chi connectivity index (χ1) is 22.9. The van der Waals surface area contributed by atoms with Crippen molar-refractivity contribution < 1.29 is 76.2 Å². The Balaban J connectivity index is 1.57. The number of amides is 3. The van der Waals surface area contributed by atoms with Gasteiger partial charge in [-0.1, -0.05) is 6.07 Å². The Morgan fingerprint density at radius 1 is 0.920 bits per heavy atom. The number of rotatable bonds is 4. The third-order valence-corrected chi connectivity index (χ3v) is 8.85. The van der Waals surface area contributed by atoms with Crippen LogP contribution in [0.3, 0.4) is 0 Å². The molecule has 0 aliphatic heterocycles. The topological polar surface area (TPSA) is 243 Å². The Bertz CT molecular complexity index is 1890. The summed E-state index contributed by atoms with van der Waals surface area (Å²) in [5, 5.41) is 71.4. The number of aliphatic hydroxyl groups is 5. The number of anilines is 2. The lowest BCUT2D eigenvalue weighted by Gasteiger charge is -2.53. The van der Waals surface area contributed by atoms with E-state index >= 15 is 0 Å². The normalized spacial score (nSPS) is 26.8. The summed E-state index contributed by atoms with van der Waals surface area (Å²) in [6, 6.07) is -1.06. The lowest BCUT2D eigenvalue weighted by atomic mass is 9.55. The van der Waals surface area contributed by atoms with E-state index in [1.165, 1.54) is 14.1 Å². The fourth-order valence-electron chi connectivity index (χ4n) is 6.69. The zero-order valence-corrected chi connectivity index (χ0v) is 25.4. The molecule has 0 aromatic heterocycles. The van der Waals surface area contributed by atoms with Gasteiger partial charge in [0.05, 0.1) is 46.5 Å².